The Morgan fingerprint density at radius 2 is 1.70 bits per heavy atom. The summed E-state index contributed by atoms with van der Waals surface area (Å²) in [5.41, 5.74) is 3.47. The van der Waals surface area contributed by atoms with Crippen LogP contribution in [0.3, 0.4) is 0 Å². The highest BCUT2D eigenvalue weighted by Crippen LogP contribution is 2.23. The van der Waals surface area contributed by atoms with Crippen molar-refractivity contribution in [3.05, 3.63) is 75.5 Å². The Morgan fingerprint density at radius 1 is 1.04 bits per heavy atom. The number of hydrogen-bond acceptors (Lipinski definition) is 4. The smallest absolute Gasteiger partial charge is 0.342 e. The first kappa shape index (κ1) is 19.0. The zero-order valence-electron chi connectivity index (χ0n) is 15.6. The number of ether oxygens (including phenoxy) is 1. The van der Waals surface area contributed by atoms with Gasteiger partial charge in [-0.3, -0.25) is 4.79 Å². The van der Waals surface area contributed by atoms with Crippen molar-refractivity contribution in [1.82, 2.24) is 4.57 Å². The molecule has 0 radical (unpaired) electrons. The van der Waals surface area contributed by atoms with Crippen LogP contribution >= 0.6 is 11.6 Å². The molecule has 3 aromatic rings. The number of furan rings is 1. The molecule has 0 aliphatic carbocycles. The van der Waals surface area contributed by atoms with Gasteiger partial charge in [0.15, 0.2) is 6.61 Å². The lowest BCUT2D eigenvalue weighted by atomic mass is 10.1. The predicted molar refractivity (Wildman–Crippen MR) is 103 cm³/mol. The molecule has 0 saturated carbocycles. The molecular formula is C21H20ClNO4. The molecule has 27 heavy (non-hydrogen) atoms. The van der Waals surface area contributed by atoms with Crippen LogP contribution in [0.2, 0.25) is 5.02 Å². The number of hydrogen-bond donors (Lipinski definition) is 0. The van der Waals surface area contributed by atoms with Crippen molar-refractivity contribution in [2.45, 2.75) is 27.7 Å². The first-order valence-electron chi connectivity index (χ1n) is 8.50. The minimum absolute atomic E-state index is 0.255. The average Bonchev–Trinajstić information content (AvgIpc) is 3.11. The van der Waals surface area contributed by atoms with Gasteiger partial charge in [0, 0.05) is 27.7 Å². The first-order chi connectivity index (χ1) is 12.8. The lowest BCUT2D eigenvalue weighted by Crippen LogP contribution is -2.15. The molecule has 3 rings (SSSR count). The van der Waals surface area contributed by atoms with Crippen molar-refractivity contribution in [1.29, 1.82) is 0 Å². The Kier molecular flexibility index (Phi) is 5.24. The van der Waals surface area contributed by atoms with Gasteiger partial charge < -0.3 is 13.7 Å². The SMILES string of the molecule is Cc1cc(C(=O)OCC(=O)c2cc(C)n(-c3ccc(Cl)cc3)c2C)c(C)o1. The molecule has 0 aliphatic rings. The van der Waals surface area contributed by atoms with Crippen LogP contribution in [-0.2, 0) is 4.74 Å². The molecule has 0 atom stereocenters. The Hall–Kier alpha value is -2.79. The Bertz CT molecular complexity index is 1010. The number of Topliss-reactive ketones (excluding diaryl/α,β-unsaturated/α-hetero) is 1. The van der Waals surface area contributed by atoms with Crippen molar-refractivity contribution < 1.29 is 18.7 Å². The van der Waals surface area contributed by atoms with Crippen LogP contribution in [-0.4, -0.2) is 22.9 Å². The second-order valence-corrected chi connectivity index (χ2v) is 6.86. The molecule has 0 unspecified atom stereocenters. The molecule has 1 aromatic carbocycles. The van der Waals surface area contributed by atoms with Gasteiger partial charge in [-0.25, -0.2) is 4.79 Å². The normalized spacial score (nSPS) is 10.9. The molecule has 0 amide bonds. The van der Waals surface area contributed by atoms with Crippen LogP contribution in [0.25, 0.3) is 5.69 Å². The van der Waals surface area contributed by atoms with E-state index in [-0.39, 0.29) is 12.4 Å². The fourth-order valence-corrected chi connectivity index (χ4v) is 3.28. The molecular weight excluding hydrogens is 366 g/mol. The summed E-state index contributed by atoms with van der Waals surface area (Å²) in [5.74, 6) is 0.280. The molecule has 140 valence electrons. The Labute approximate surface area is 162 Å². The van der Waals surface area contributed by atoms with Gasteiger partial charge in [0.1, 0.15) is 17.1 Å². The summed E-state index contributed by atoms with van der Waals surface area (Å²) < 4.78 is 12.5. The molecule has 6 heteroatoms. The van der Waals surface area contributed by atoms with E-state index >= 15 is 0 Å². The van der Waals surface area contributed by atoms with E-state index in [4.69, 9.17) is 20.8 Å². The van der Waals surface area contributed by atoms with Crippen molar-refractivity contribution in [3.8, 4) is 5.69 Å². The molecule has 0 N–H and O–H groups in total. The van der Waals surface area contributed by atoms with Crippen molar-refractivity contribution >= 4 is 23.4 Å². The van der Waals surface area contributed by atoms with Gasteiger partial charge in [0.25, 0.3) is 0 Å². The van der Waals surface area contributed by atoms with Gasteiger partial charge in [-0.1, -0.05) is 11.6 Å². The summed E-state index contributed by atoms with van der Waals surface area (Å²) in [6.07, 6.45) is 0. The third-order valence-corrected chi connectivity index (χ3v) is 4.66. The number of nitrogens with zero attached hydrogens (tertiary/aromatic N) is 1. The van der Waals surface area contributed by atoms with E-state index in [0.29, 0.717) is 27.7 Å². The van der Waals surface area contributed by atoms with Crippen LogP contribution in [0.4, 0.5) is 0 Å². The summed E-state index contributed by atoms with van der Waals surface area (Å²) in [5, 5.41) is 0.647. The lowest BCUT2D eigenvalue weighted by molar-refractivity contribution is 0.0472. The topological polar surface area (TPSA) is 61.4 Å². The number of ketones is 1. The molecule has 0 bridgehead atoms. The van der Waals surface area contributed by atoms with Gasteiger partial charge in [0.2, 0.25) is 5.78 Å². The average molecular weight is 386 g/mol. The summed E-state index contributed by atoms with van der Waals surface area (Å²) in [7, 11) is 0. The number of halogens is 1. The van der Waals surface area contributed by atoms with Gasteiger partial charge in [0.05, 0.1) is 0 Å². The largest absolute Gasteiger partial charge is 0.466 e. The van der Waals surface area contributed by atoms with E-state index in [1.165, 1.54) is 0 Å². The minimum atomic E-state index is -0.566. The first-order valence-corrected chi connectivity index (χ1v) is 8.88. The Morgan fingerprint density at radius 3 is 2.30 bits per heavy atom. The molecule has 0 fully saturated rings. The van der Waals surface area contributed by atoms with Gasteiger partial charge in [-0.05, 0) is 64.1 Å². The zero-order chi connectivity index (χ0) is 19.7. The molecule has 5 nitrogen and oxygen atoms in total. The number of esters is 1. The third kappa shape index (κ3) is 3.83. The summed E-state index contributed by atoms with van der Waals surface area (Å²) >= 11 is 5.95. The summed E-state index contributed by atoms with van der Waals surface area (Å²) in [6, 6.07) is 10.8. The van der Waals surface area contributed by atoms with Crippen LogP contribution in [0.5, 0.6) is 0 Å². The van der Waals surface area contributed by atoms with E-state index in [1.54, 1.807) is 38.1 Å². The van der Waals surface area contributed by atoms with Crippen LogP contribution in [0.1, 0.15) is 43.6 Å². The molecule has 0 saturated heterocycles. The number of aryl methyl sites for hydroxylation is 3. The van der Waals surface area contributed by atoms with Gasteiger partial charge in [-0.2, -0.15) is 0 Å². The number of rotatable bonds is 5. The molecule has 2 heterocycles. The quantitative estimate of drug-likeness (QED) is 0.458. The van der Waals surface area contributed by atoms with Crippen LogP contribution in [0, 0.1) is 27.7 Å². The van der Waals surface area contributed by atoms with E-state index in [0.717, 1.165) is 17.1 Å². The van der Waals surface area contributed by atoms with Crippen molar-refractivity contribution in [2.24, 2.45) is 0 Å². The summed E-state index contributed by atoms with van der Waals surface area (Å²) in [6.45, 7) is 6.89. The third-order valence-electron chi connectivity index (χ3n) is 4.41. The number of benzene rings is 1. The fourth-order valence-electron chi connectivity index (χ4n) is 3.15. The van der Waals surface area contributed by atoms with Crippen molar-refractivity contribution in [2.75, 3.05) is 6.61 Å². The van der Waals surface area contributed by atoms with Crippen molar-refractivity contribution in [3.63, 3.8) is 0 Å². The highest BCUT2D eigenvalue weighted by atomic mass is 35.5. The number of carbonyl (C=O) groups is 2. The molecule has 0 aliphatic heterocycles. The van der Waals surface area contributed by atoms with Gasteiger partial charge >= 0.3 is 5.97 Å². The maximum atomic E-state index is 12.6. The van der Waals surface area contributed by atoms with E-state index in [1.807, 2.05) is 30.5 Å². The lowest BCUT2D eigenvalue weighted by Gasteiger charge is -2.10. The molecule has 2 aromatic heterocycles. The highest BCUT2D eigenvalue weighted by molar-refractivity contribution is 6.30. The number of aromatic nitrogens is 1. The maximum absolute atomic E-state index is 12.6. The molecule has 0 spiro atoms. The second-order valence-electron chi connectivity index (χ2n) is 6.42. The van der Waals surface area contributed by atoms with Crippen LogP contribution in [0.15, 0.2) is 40.8 Å². The number of carbonyl (C=O) groups excluding carboxylic acids is 2. The van der Waals surface area contributed by atoms with Crippen LogP contribution < -0.4 is 0 Å². The van der Waals surface area contributed by atoms with E-state index in [2.05, 4.69) is 0 Å². The monoisotopic (exact) mass is 385 g/mol. The second kappa shape index (κ2) is 7.45. The van der Waals surface area contributed by atoms with E-state index < -0.39 is 5.97 Å². The standard InChI is InChI=1S/C21H20ClNO4/c1-12-9-18(14(3)23(12)17-7-5-16(22)6-8-17)20(24)11-26-21(25)19-10-13(2)27-15(19)4/h5-10H,11H2,1-4H3. The zero-order valence-corrected chi connectivity index (χ0v) is 16.4. The minimum Gasteiger partial charge on any atom is -0.466 e. The van der Waals surface area contributed by atoms with Gasteiger partial charge in [-0.15, -0.1) is 0 Å². The predicted octanol–water partition coefficient (Wildman–Crippen LogP) is 5.00. The highest BCUT2D eigenvalue weighted by Gasteiger charge is 2.20. The maximum Gasteiger partial charge on any atom is 0.342 e. The van der Waals surface area contributed by atoms with E-state index in [9.17, 15) is 9.59 Å². The summed E-state index contributed by atoms with van der Waals surface area (Å²) in [4.78, 5) is 24.8. The Balaban J connectivity index is 1.77. The fraction of sp³-hybridized carbons (Fsp3) is 0.238.